The number of carbonyl (C=O) groups excluding carboxylic acids is 1. The van der Waals surface area contributed by atoms with Crippen molar-refractivity contribution >= 4 is 11.7 Å². The molecule has 1 amide bonds. The molecule has 0 saturated heterocycles. The highest BCUT2D eigenvalue weighted by Gasteiger charge is 2.23. The molecule has 6 heteroatoms. The summed E-state index contributed by atoms with van der Waals surface area (Å²) in [6.07, 6.45) is 3.59. The second-order valence-corrected chi connectivity index (χ2v) is 4.49. The maximum atomic E-state index is 11.6. The minimum Gasteiger partial charge on any atom is -0.379 e. The molecular weight excluding hydrogens is 208 g/mol. The first-order valence-electron chi connectivity index (χ1n) is 5.53. The molecule has 1 aromatic rings. The summed E-state index contributed by atoms with van der Waals surface area (Å²) in [7, 11) is 0. The summed E-state index contributed by atoms with van der Waals surface area (Å²) < 4.78 is 4.37. The number of amides is 1. The average Bonchev–Trinajstić information content (AvgIpc) is 2.84. The largest absolute Gasteiger partial charge is 0.379 e. The fourth-order valence-electron chi connectivity index (χ4n) is 2.18. The van der Waals surface area contributed by atoms with Gasteiger partial charge in [0.1, 0.15) is 0 Å². The van der Waals surface area contributed by atoms with Gasteiger partial charge < -0.3 is 11.1 Å². The second-order valence-electron chi connectivity index (χ2n) is 4.49. The van der Waals surface area contributed by atoms with E-state index >= 15 is 0 Å². The molecule has 0 aliphatic heterocycles. The van der Waals surface area contributed by atoms with Crippen LogP contribution in [0.4, 0.5) is 5.82 Å². The van der Waals surface area contributed by atoms with E-state index in [0.717, 1.165) is 5.92 Å². The van der Waals surface area contributed by atoms with Gasteiger partial charge in [-0.05, 0) is 35.0 Å². The summed E-state index contributed by atoms with van der Waals surface area (Å²) in [6, 6.07) is 0. The zero-order valence-electron chi connectivity index (χ0n) is 9.27. The number of aromatic nitrogens is 2. The first kappa shape index (κ1) is 10.9. The molecule has 1 heterocycles. The predicted molar refractivity (Wildman–Crippen MR) is 57.5 cm³/mol. The van der Waals surface area contributed by atoms with Crippen molar-refractivity contribution in [2.24, 2.45) is 11.8 Å². The third kappa shape index (κ3) is 2.32. The van der Waals surface area contributed by atoms with Crippen LogP contribution in [0.3, 0.4) is 0 Å². The molecule has 2 unspecified atom stereocenters. The lowest BCUT2D eigenvalue weighted by molar-refractivity contribution is 0.0938. The van der Waals surface area contributed by atoms with E-state index < -0.39 is 0 Å². The molecule has 2 rings (SSSR count). The number of nitrogens with one attached hydrogen (secondary N) is 1. The summed E-state index contributed by atoms with van der Waals surface area (Å²) >= 11 is 0. The van der Waals surface area contributed by atoms with E-state index in [1.165, 1.54) is 19.3 Å². The van der Waals surface area contributed by atoms with Crippen molar-refractivity contribution < 1.29 is 9.42 Å². The highest BCUT2D eigenvalue weighted by Crippen LogP contribution is 2.29. The number of rotatable bonds is 3. The van der Waals surface area contributed by atoms with E-state index in [0.29, 0.717) is 12.5 Å². The Balaban J connectivity index is 1.82. The highest BCUT2D eigenvalue weighted by atomic mass is 16.6. The van der Waals surface area contributed by atoms with E-state index in [-0.39, 0.29) is 17.4 Å². The molecule has 0 bridgehead atoms. The predicted octanol–water partition coefficient (Wildman–Crippen LogP) is 0.818. The zero-order valence-corrected chi connectivity index (χ0v) is 9.27. The Hall–Kier alpha value is -1.59. The average molecular weight is 224 g/mol. The van der Waals surface area contributed by atoms with Gasteiger partial charge in [-0.3, -0.25) is 4.79 Å². The minimum atomic E-state index is -0.307. The Bertz CT molecular complexity index is 377. The molecule has 1 aliphatic carbocycles. The fourth-order valence-corrected chi connectivity index (χ4v) is 2.18. The summed E-state index contributed by atoms with van der Waals surface area (Å²) in [5.41, 5.74) is 5.49. The van der Waals surface area contributed by atoms with Crippen LogP contribution in [-0.4, -0.2) is 22.8 Å². The van der Waals surface area contributed by atoms with Gasteiger partial charge in [-0.1, -0.05) is 13.3 Å². The molecule has 1 aliphatic rings. The van der Waals surface area contributed by atoms with Gasteiger partial charge in [0.25, 0.3) is 5.91 Å². The van der Waals surface area contributed by atoms with Crippen LogP contribution < -0.4 is 11.1 Å². The third-order valence-corrected chi connectivity index (χ3v) is 3.08. The molecule has 0 spiro atoms. The van der Waals surface area contributed by atoms with Crippen molar-refractivity contribution in [2.75, 3.05) is 12.3 Å². The van der Waals surface area contributed by atoms with Crippen LogP contribution in [-0.2, 0) is 0 Å². The molecule has 2 atom stereocenters. The molecular formula is C10H16N4O2. The van der Waals surface area contributed by atoms with Crippen LogP contribution in [0.15, 0.2) is 4.63 Å². The smallest absolute Gasteiger partial charge is 0.277 e. The lowest BCUT2D eigenvalue weighted by Gasteiger charge is -2.09. The third-order valence-electron chi connectivity index (χ3n) is 3.08. The molecule has 88 valence electrons. The van der Waals surface area contributed by atoms with Crippen LogP contribution >= 0.6 is 0 Å². The molecule has 1 aromatic heterocycles. The van der Waals surface area contributed by atoms with Gasteiger partial charge in [0, 0.05) is 6.54 Å². The lowest BCUT2D eigenvalue weighted by Crippen LogP contribution is -2.29. The number of anilines is 1. The number of nitrogens with zero attached hydrogens (tertiary/aromatic N) is 2. The van der Waals surface area contributed by atoms with Gasteiger partial charge >= 0.3 is 0 Å². The van der Waals surface area contributed by atoms with Crippen LogP contribution in [0, 0.1) is 11.8 Å². The number of nitrogen functional groups attached to an aromatic ring is 1. The molecule has 0 aromatic carbocycles. The van der Waals surface area contributed by atoms with Gasteiger partial charge in [0.2, 0.25) is 11.5 Å². The summed E-state index contributed by atoms with van der Waals surface area (Å²) in [4.78, 5) is 11.6. The Morgan fingerprint density at radius 2 is 2.38 bits per heavy atom. The maximum Gasteiger partial charge on any atom is 0.277 e. The summed E-state index contributed by atoms with van der Waals surface area (Å²) in [6.45, 7) is 2.91. The maximum absolute atomic E-state index is 11.6. The highest BCUT2D eigenvalue weighted by molar-refractivity contribution is 5.95. The normalized spacial score (nSPS) is 24.6. The van der Waals surface area contributed by atoms with E-state index in [1.807, 2.05) is 0 Å². The van der Waals surface area contributed by atoms with Crippen LogP contribution in [0.5, 0.6) is 0 Å². The van der Waals surface area contributed by atoms with Crippen molar-refractivity contribution in [1.82, 2.24) is 15.6 Å². The molecule has 3 N–H and O–H groups in total. The van der Waals surface area contributed by atoms with Crippen molar-refractivity contribution in [3.05, 3.63) is 5.69 Å². The standard InChI is InChI=1S/C10H16N4O2/c1-6-2-3-7(4-6)5-12-10(15)8-9(11)14-16-13-8/h6-7H,2-5H2,1H3,(H2,11,14)(H,12,15). The van der Waals surface area contributed by atoms with Gasteiger partial charge in [-0.15, -0.1) is 0 Å². The van der Waals surface area contributed by atoms with E-state index in [1.54, 1.807) is 0 Å². The van der Waals surface area contributed by atoms with Crippen molar-refractivity contribution in [1.29, 1.82) is 0 Å². The van der Waals surface area contributed by atoms with Gasteiger partial charge in [0.15, 0.2) is 0 Å². The first-order valence-corrected chi connectivity index (χ1v) is 5.53. The molecule has 1 saturated carbocycles. The van der Waals surface area contributed by atoms with Gasteiger partial charge in [-0.25, -0.2) is 4.63 Å². The Morgan fingerprint density at radius 1 is 1.56 bits per heavy atom. The van der Waals surface area contributed by atoms with E-state index in [9.17, 15) is 4.79 Å². The monoisotopic (exact) mass is 224 g/mol. The second kappa shape index (κ2) is 4.51. The van der Waals surface area contributed by atoms with Gasteiger partial charge in [-0.2, -0.15) is 0 Å². The fraction of sp³-hybridized carbons (Fsp3) is 0.700. The molecule has 1 fully saturated rings. The number of carbonyl (C=O) groups is 1. The summed E-state index contributed by atoms with van der Waals surface area (Å²) in [5, 5.41) is 9.62. The molecule has 16 heavy (non-hydrogen) atoms. The van der Waals surface area contributed by atoms with Gasteiger partial charge in [0.05, 0.1) is 0 Å². The van der Waals surface area contributed by atoms with Crippen LogP contribution in [0.1, 0.15) is 36.7 Å². The number of hydrogen-bond donors (Lipinski definition) is 2. The minimum absolute atomic E-state index is 0.0392. The zero-order chi connectivity index (χ0) is 11.5. The Kier molecular flexibility index (Phi) is 3.07. The molecule has 6 nitrogen and oxygen atoms in total. The van der Waals surface area contributed by atoms with Crippen LogP contribution in [0.25, 0.3) is 0 Å². The van der Waals surface area contributed by atoms with E-state index in [2.05, 4.69) is 27.2 Å². The first-order chi connectivity index (χ1) is 7.66. The van der Waals surface area contributed by atoms with Crippen LogP contribution in [0.2, 0.25) is 0 Å². The Morgan fingerprint density at radius 3 is 2.94 bits per heavy atom. The summed E-state index contributed by atoms with van der Waals surface area (Å²) in [5.74, 6) is 1.07. The molecule has 0 radical (unpaired) electrons. The van der Waals surface area contributed by atoms with Crippen molar-refractivity contribution in [2.45, 2.75) is 26.2 Å². The SMILES string of the molecule is CC1CCC(CNC(=O)c2nonc2N)C1. The van der Waals surface area contributed by atoms with Crippen molar-refractivity contribution in [3.8, 4) is 0 Å². The Labute approximate surface area is 93.5 Å². The van der Waals surface area contributed by atoms with Crippen molar-refractivity contribution in [3.63, 3.8) is 0 Å². The van der Waals surface area contributed by atoms with E-state index in [4.69, 9.17) is 5.73 Å². The topological polar surface area (TPSA) is 94.0 Å². The quantitative estimate of drug-likeness (QED) is 0.792. The number of nitrogens with two attached hydrogens (primary N) is 1. The number of hydrogen-bond acceptors (Lipinski definition) is 5. The lowest BCUT2D eigenvalue weighted by atomic mass is 10.1.